The van der Waals surface area contributed by atoms with Gasteiger partial charge in [-0.05, 0) is 0 Å². The number of amides is 3. The smallest absolute Gasteiger partial charge is 0.790 e. The minimum Gasteiger partial charge on any atom is -0.790 e. The molecule has 0 aromatic heterocycles. The molecule has 5 N–H and O–H groups in total. The molecule has 2 heterocycles. The number of phosphoric ester groups is 1. The minimum atomic E-state index is -5.25. The number of ether oxygens (including phenoxy) is 1. The van der Waals surface area contributed by atoms with Gasteiger partial charge < -0.3 is 39.3 Å². The Hall–Kier alpha value is 0.890. The maximum atomic E-state index is 11.6. The van der Waals surface area contributed by atoms with E-state index in [1.807, 2.05) is 5.32 Å². The number of nitrogens with zero attached hydrogens (tertiary/aromatic N) is 1. The molecule has 2 fully saturated rings. The molecule has 0 spiro atoms. The van der Waals surface area contributed by atoms with E-state index in [1.54, 1.807) is 0 Å². The molecule has 128 valence electrons. The molecule has 15 heteroatoms. The van der Waals surface area contributed by atoms with Crippen LogP contribution in [-0.4, -0.2) is 70.2 Å². The number of rotatable bonds is 4. The van der Waals surface area contributed by atoms with Crippen molar-refractivity contribution in [1.29, 1.82) is 0 Å². The van der Waals surface area contributed by atoms with Gasteiger partial charge in [-0.3, -0.25) is 15.0 Å². The molecule has 2 aliphatic rings. The zero-order chi connectivity index (χ0) is 15.8. The number of phosphoric acid groups is 1. The molecule has 0 bridgehead atoms. The Morgan fingerprint density at radius 2 is 1.88 bits per heavy atom. The molecule has 0 saturated carbocycles. The fraction of sp³-hybridized carbons (Fsp3) is 0.778. The van der Waals surface area contributed by atoms with Gasteiger partial charge in [-0.2, -0.15) is 0 Å². The van der Waals surface area contributed by atoms with Crippen molar-refractivity contribution in [3.05, 3.63) is 0 Å². The van der Waals surface area contributed by atoms with Crippen LogP contribution in [0.25, 0.3) is 0 Å². The van der Waals surface area contributed by atoms with Gasteiger partial charge in [0.2, 0.25) is 5.91 Å². The van der Waals surface area contributed by atoms with Gasteiger partial charge in [-0.25, -0.2) is 4.79 Å². The summed E-state index contributed by atoms with van der Waals surface area (Å²) in [7, 11) is -5.25. The van der Waals surface area contributed by atoms with Gasteiger partial charge >= 0.3 is 65.1 Å². The van der Waals surface area contributed by atoms with Gasteiger partial charge in [-0.15, -0.1) is 0 Å². The van der Waals surface area contributed by atoms with E-state index in [2.05, 4.69) is 4.52 Å². The van der Waals surface area contributed by atoms with Crippen LogP contribution >= 0.6 is 7.82 Å². The number of urea groups is 1. The molecule has 0 radical (unpaired) electrons. The van der Waals surface area contributed by atoms with E-state index < -0.39 is 50.9 Å². The van der Waals surface area contributed by atoms with Crippen molar-refractivity contribution in [2.24, 2.45) is 0 Å². The summed E-state index contributed by atoms with van der Waals surface area (Å²) in [6, 6.07) is -0.803. The van der Waals surface area contributed by atoms with E-state index in [1.165, 1.54) is 0 Å². The summed E-state index contributed by atoms with van der Waals surface area (Å²) < 4.78 is 19.5. The summed E-state index contributed by atoms with van der Waals surface area (Å²) in [5.74, 6) is -0.484. The number of hydrogen-bond acceptors (Lipinski definition) is 9. The Morgan fingerprint density at radius 3 is 2.38 bits per heavy atom. The second-order valence-corrected chi connectivity index (χ2v) is 5.74. The quantitative estimate of drug-likeness (QED) is 0.308. The third-order valence-corrected chi connectivity index (χ3v) is 3.59. The maximum Gasteiger partial charge on any atom is 1.00 e. The topological polar surface area (TPSA) is 203 Å². The Kier molecular flexibility index (Phi) is 12.3. The summed E-state index contributed by atoms with van der Waals surface area (Å²) in [6.07, 6.45) is -5.67. The Morgan fingerprint density at radius 1 is 1.29 bits per heavy atom. The second-order valence-electron chi connectivity index (χ2n) is 4.59. The SMILES string of the molecule is O.O=C1CCN(C2OC(COP(=O)([O-])[O-])C(O)C2O)C(=O)N1.[Na+].[Na+]. The first-order valence-corrected chi connectivity index (χ1v) is 7.44. The van der Waals surface area contributed by atoms with Crippen molar-refractivity contribution in [3.63, 3.8) is 0 Å². The zero-order valence-corrected chi connectivity index (χ0v) is 18.0. The van der Waals surface area contributed by atoms with Crippen LogP contribution in [0.15, 0.2) is 0 Å². The monoisotopic (exact) mass is 388 g/mol. The Labute approximate surface area is 181 Å². The van der Waals surface area contributed by atoms with Gasteiger partial charge in [0, 0.05) is 13.0 Å². The van der Waals surface area contributed by atoms with Crippen LogP contribution in [-0.2, 0) is 18.6 Å². The largest absolute Gasteiger partial charge is 1.00 e. The van der Waals surface area contributed by atoms with E-state index in [4.69, 9.17) is 4.74 Å². The van der Waals surface area contributed by atoms with Gasteiger partial charge in [0.1, 0.15) is 18.3 Å². The van der Waals surface area contributed by atoms with E-state index in [0.717, 1.165) is 4.90 Å². The van der Waals surface area contributed by atoms with Crippen LogP contribution in [0.3, 0.4) is 0 Å². The summed E-state index contributed by atoms with van der Waals surface area (Å²) in [5, 5.41) is 21.6. The number of carbonyl (C=O) groups is 2. The first-order valence-electron chi connectivity index (χ1n) is 5.97. The predicted molar refractivity (Wildman–Crippen MR) is 62.7 cm³/mol. The van der Waals surface area contributed by atoms with E-state index in [0.29, 0.717) is 0 Å². The van der Waals surface area contributed by atoms with Crippen LogP contribution in [0.2, 0.25) is 0 Å². The van der Waals surface area contributed by atoms with Gasteiger partial charge in [0.25, 0.3) is 0 Å². The number of nitrogens with one attached hydrogen (secondary N) is 1. The van der Waals surface area contributed by atoms with E-state index >= 15 is 0 Å². The molecule has 4 unspecified atom stereocenters. The molecular formula is C9H15N2Na2O10P. The minimum absolute atomic E-state index is 0. The van der Waals surface area contributed by atoms with Crippen LogP contribution in [0.5, 0.6) is 0 Å². The number of aliphatic hydroxyl groups excluding tert-OH is 2. The van der Waals surface area contributed by atoms with Crippen LogP contribution in [0.4, 0.5) is 4.79 Å². The van der Waals surface area contributed by atoms with Gasteiger partial charge in [0.05, 0.1) is 14.4 Å². The summed E-state index contributed by atoms with van der Waals surface area (Å²) >= 11 is 0. The molecule has 0 aliphatic carbocycles. The molecule has 2 rings (SSSR count). The van der Waals surface area contributed by atoms with Crippen LogP contribution < -0.4 is 74.2 Å². The third kappa shape index (κ3) is 6.89. The summed E-state index contributed by atoms with van der Waals surface area (Å²) in [6.45, 7) is -0.818. The number of hydrogen-bond donors (Lipinski definition) is 3. The fourth-order valence-electron chi connectivity index (χ4n) is 2.11. The van der Waals surface area contributed by atoms with Crippen molar-refractivity contribution in [2.75, 3.05) is 13.2 Å². The molecule has 3 amide bonds. The number of imide groups is 1. The summed E-state index contributed by atoms with van der Waals surface area (Å²) in [5.41, 5.74) is 0. The second kappa shape index (κ2) is 10.9. The van der Waals surface area contributed by atoms with Crippen LogP contribution in [0.1, 0.15) is 6.42 Å². The standard InChI is InChI=1S/C9H15N2O9P.2Na.H2O/c12-5-1-2-11(9(15)10-5)8-7(14)6(13)4(20-8)3-19-21(16,17)18;;;/h4,6-8,13-14H,1-3H2,(H,10,12,15)(H2,16,17,18);;;1H2/q;2*+1;/p-2. The molecule has 0 aromatic rings. The van der Waals surface area contributed by atoms with Crippen molar-refractivity contribution in [2.45, 2.75) is 31.0 Å². The molecule has 0 aromatic carbocycles. The van der Waals surface area contributed by atoms with Crippen molar-refractivity contribution in [3.8, 4) is 0 Å². The van der Waals surface area contributed by atoms with Gasteiger partial charge in [-0.1, -0.05) is 0 Å². The molecule has 4 atom stereocenters. The van der Waals surface area contributed by atoms with Gasteiger partial charge in [0.15, 0.2) is 6.23 Å². The average molecular weight is 388 g/mol. The normalized spacial score (nSPS) is 29.9. The van der Waals surface area contributed by atoms with E-state index in [-0.39, 0.29) is 77.6 Å². The molecular weight excluding hydrogens is 373 g/mol. The summed E-state index contributed by atoms with van der Waals surface area (Å²) in [4.78, 5) is 44.4. The Balaban J connectivity index is 0. The molecule has 2 saturated heterocycles. The van der Waals surface area contributed by atoms with Crippen molar-refractivity contribution in [1.82, 2.24) is 10.2 Å². The van der Waals surface area contributed by atoms with Crippen molar-refractivity contribution < 1.29 is 108 Å². The van der Waals surface area contributed by atoms with E-state index in [9.17, 15) is 34.2 Å². The fourth-order valence-corrected chi connectivity index (χ4v) is 2.44. The van der Waals surface area contributed by atoms with Crippen molar-refractivity contribution >= 4 is 19.8 Å². The van der Waals surface area contributed by atoms with Crippen LogP contribution in [0, 0.1) is 0 Å². The molecule has 24 heavy (non-hydrogen) atoms. The average Bonchev–Trinajstić information content (AvgIpc) is 2.64. The first kappa shape index (κ1) is 27.1. The number of aliphatic hydroxyl groups is 2. The number of carbonyl (C=O) groups excluding carboxylic acids is 2. The first-order chi connectivity index (χ1) is 9.69. The third-order valence-electron chi connectivity index (χ3n) is 3.13. The maximum absolute atomic E-state index is 11.6. The molecule has 12 nitrogen and oxygen atoms in total. The molecule has 2 aliphatic heterocycles. The zero-order valence-electron chi connectivity index (χ0n) is 13.1. The Bertz CT molecular complexity index is 491. The predicted octanol–water partition coefficient (Wildman–Crippen LogP) is -10.6.